The Bertz CT molecular complexity index is 1060. The van der Waals surface area contributed by atoms with Crippen molar-refractivity contribution in [2.75, 3.05) is 39.6 Å². The van der Waals surface area contributed by atoms with E-state index >= 15 is 0 Å². The maximum atomic E-state index is 12.4. The van der Waals surface area contributed by atoms with E-state index in [-0.39, 0.29) is 13.2 Å². The molecule has 2 unspecified atom stereocenters. The Kier molecular flexibility index (Phi) is 35.5. The zero-order chi connectivity index (χ0) is 44.7. The van der Waals surface area contributed by atoms with Gasteiger partial charge in [0.05, 0.1) is 26.4 Å². The van der Waals surface area contributed by atoms with Crippen molar-refractivity contribution in [1.82, 2.24) is 0 Å². The highest BCUT2D eigenvalue weighted by atomic mass is 31.2. The third kappa shape index (κ3) is 40.6. The van der Waals surface area contributed by atoms with Gasteiger partial charge in [-0.25, -0.2) is 0 Å². The summed E-state index contributed by atoms with van der Waals surface area (Å²) in [6, 6.07) is 0. The van der Waals surface area contributed by atoms with Gasteiger partial charge in [0, 0.05) is 13.2 Å². The van der Waals surface area contributed by atoms with Crippen LogP contribution in [0.25, 0.3) is 0 Å². The van der Waals surface area contributed by atoms with Gasteiger partial charge in [0.1, 0.15) is 12.2 Å². The fourth-order valence-electron chi connectivity index (χ4n) is 7.57. The van der Waals surface area contributed by atoms with Crippen LogP contribution in [0.4, 0.5) is 0 Å². The molecular weight excluding hydrogens is 790 g/mol. The molecule has 0 aliphatic carbocycles. The fraction of sp³-hybridized carbons (Fsp3) is 1.00. The summed E-state index contributed by atoms with van der Waals surface area (Å²) in [5, 5.41) is 9.79. The van der Waals surface area contributed by atoms with Crippen LogP contribution in [0.2, 0.25) is 0 Å². The van der Waals surface area contributed by atoms with Gasteiger partial charge in [-0.05, 0) is 60.2 Å². The second kappa shape index (κ2) is 35.4. The normalized spacial score (nSPS) is 18.6. The van der Waals surface area contributed by atoms with Gasteiger partial charge >= 0.3 is 0 Å². The minimum absolute atomic E-state index is 0.160. The van der Waals surface area contributed by atoms with E-state index in [1.165, 1.54) is 103 Å². The van der Waals surface area contributed by atoms with E-state index < -0.39 is 41.1 Å². The molecule has 0 rings (SSSR count). The Morgan fingerprint density at radius 3 is 1.14 bits per heavy atom. The predicted molar refractivity (Wildman–Crippen MR) is 239 cm³/mol. The third-order valence-electron chi connectivity index (χ3n) is 11.8. The lowest BCUT2D eigenvalue weighted by Crippen LogP contribution is -2.29. The minimum Gasteiger partial charge on any atom is -0.756 e. The van der Waals surface area contributed by atoms with Crippen molar-refractivity contribution in [1.29, 1.82) is 0 Å². The lowest BCUT2D eigenvalue weighted by molar-refractivity contribution is -0.231. The van der Waals surface area contributed by atoms with Crippen LogP contribution >= 0.6 is 15.6 Å². The summed E-state index contributed by atoms with van der Waals surface area (Å²) in [5.41, 5.74) is 0. The highest BCUT2D eigenvalue weighted by Crippen LogP contribution is 2.39. The van der Waals surface area contributed by atoms with Crippen molar-refractivity contribution in [3.05, 3.63) is 0 Å². The van der Waals surface area contributed by atoms with Crippen LogP contribution in [-0.2, 0) is 32.2 Å². The highest BCUT2D eigenvalue weighted by molar-refractivity contribution is 7.45. The molecule has 0 aliphatic heterocycles. The van der Waals surface area contributed by atoms with Crippen molar-refractivity contribution < 1.29 is 52.0 Å². The average Bonchev–Trinajstić information content (AvgIpc) is 3.13. The van der Waals surface area contributed by atoms with Crippen LogP contribution < -0.4 is 9.79 Å². The molecule has 13 heteroatoms. The van der Waals surface area contributed by atoms with E-state index in [2.05, 4.69) is 73.8 Å². The first kappa shape index (κ1) is 59.1. The maximum absolute atomic E-state index is 12.4. The van der Waals surface area contributed by atoms with E-state index in [4.69, 9.17) is 23.4 Å². The van der Waals surface area contributed by atoms with Crippen LogP contribution in [0.5, 0.6) is 0 Å². The second-order valence-corrected chi connectivity index (χ2v) is 22.2. The molecule has 0 amide bonds. The minimum atomic E-state index is -5.07. The summed E-state index contributed by atoms with van der Waals surface area (Å²) in [6.45, 7) is 22.4. The molecule has 0 saturated carbocycles. The molecule has 0 aromatic rings. The van der Waals surface area contributed by atoms with Gasteiger partial charge in [0.15, 0.2) is 0 Å². The van der Waals surface area contributed by atoms with Gasteiger partial charge in [-0.3, -0.25) is 9.13 Å². The van der Waals surface area contributed by atoms with Crippen LogP contribution in [0.3, 0.4) is 0 Å². The smallest absolute Gasteiger partial charge is 0.268 e. The first-order chi connectivity index (χ1) is 27.7. The number of aliphatic hydroxyl groups excluding tert-OH is 1. The molecule has 0 spiro atoms. The molecule has 0 radical (unpaired) electrons. The number of hydrogen-bond acceptors (Lipinski definition) is 10. The number of ether oxygens (including phenoxy) is 2. The SMILES string of the molecule is CC(C)CCC[C@@H](C)CCC[C@@H](C)CCC[C@@H](C)CCOC[C@@H](COP(=O)([O-])OC[C@H](O)COP(=O)([O-])O)OCC[C@H](C)CCC[C@H](C)CCC[C@H](C)CCCC(C)C. The standard InChI is InChI=1S/C46H96O11P2/c1-37(2)17-11-19-39(5)21-13-23-41(7)25-15-27-43(9)29-31-53-35-46(36-57-59(51,52)56-34-45(47)33-55-58(48,49)50)54-32-30-44(10)28-16-26-42(8)24-14-22-40(6)20-12-18-38(3)4/h37-47H,11-36H2,1-10H3,(H,51,52)(H2,48,49,50)/p-2/t39-,40-,41-,42-,43-,44-,45-,46+/m1/s1. The molecule has 0 fully saturated rings. The zero-order valence-electron chi connectivity index (χ0n) is 39.6. The predicted octanol–water partition coefficient (Wildman–Crippen LogP) is 11.7. The van der Waals surface area contributed by atoms with Crippen molar-refractivity contribution in [2.24, 2.45) is 47.3 Å². The molecule has 0 aliphatic rings. The molecule has 10 atom stereocenters. The maximum Gasteiger partial charge on any atom is 0.268 e. The van der Waals surface area contributed by atoms with Crippen LogP contribution in [0, 0.1) is 47.3 Å². The van der Waals surface area contributed by atoms with Gasteiger partial charge in [-0.1, -0.05) is 185 Å². The van der Waals surface area contributed by atoms with E-state index in [1.54, 1.807) is 0 Å². The molecule has 356 valence electrons. The van der Waals surface area contributed by atoms with Crippen molar-refractivity contribution in [3.8, 4) is 0 Å². The fourth-order valence-corrected chi connectivity index (χ4v) is 8.71. The van der Waals surface area contributed by atoms with Crippen LogP contribution in [0.15, 0.2) is 0 Å². The van der Waals surface area contributed by atoms with E-state index in [0.717, 1.165) is 61.2 Å². The summed E-state index contributed by atoms with van der Waals surface area (Å²) in [6.07, 6.45) is 22.5. The molecular formula is C46H94O11P2-2. The summed E-state index contributed by atoms with van der Waals surface area (Å²) in [5.74, 6) is 5.66. The van der Waals surface area contributed by atoms with Crippen molar-refractivity contribution >= 4 is 15.6 Å². The van der Waals surface area contributed by atoms with Gasteiger partial charge in [-0.2, -0.15) is 0 Å². The summed E-state index contributed by atoms with van der Waals surface area (Å²) >= 11 is 0. The van der Waals surface area contributed by atoms with Gasteiger partial charge in [0.25, 0.3) is 15.6 Å². The Labute approximate surface area is 363 Å². The molecule has 59 heavy (non-hydrogen) atoms. The number of aliphatic hydroxyl groups is 1. The highest BCUT2D eigenvalue weighted by Gasteiger charge is 2.20. The number of phosphoric acid groups is 2. The second-order valence-electron chi connectivity index (χ2n) is 19.6. The number of hydrogen-bond donors (Lipinski definition) is 2. The quantitative estimate of drug-likeness (QED) is 0.0442. The zero-order valence-corrected chi connectivity index (χ0v) is 41.4. The Hall–Kier alpha value is 0.1000. The lowest BCUT2D eigenvalue weighted by Gasteiger charge is -2.27. The largest absolute Gasteiger partial charge is 0.756 e. The summed E-state index contributed by atoms with van der Waals surface area (Å²) in [4.78, 5) is 31.9. The molecule has 0 aromatic heterocycles. The number of rotatable bonds is 42. The van der Waals surface area contributed by atoms with Gasteiger partial charge in [-0.15, -0.1) is 0 Å². The number of phosphoric ester groups is 2. The van der Waals surface area contributed by atoms with Crippen molar-refractivity contribution in [2.45, 2.75) is 210 Å². The third-order valence-corrected chi connectivity index (χ3v) is 13.2. The Morgan fingerprint density at radius 1 is 0.441 bits per heavy atom. The molecule has 0 saturated heterocycles. The van der Waals surface area contributed by atoms with Crippen LogP contribution in [0.1, 0.15) is 198 Å². The Morgan fingerprint density at radius 2 is 0.763 bits per heavy atom. The van der Waals surface area contributed by atoms with E-state index in [9.17, 15) is 24.0 Å². The Balaban J connectivity index is 4.69. The van der Waals surface area contributed by atoms with Crippen molar-refractivity contribution in [3.63, 3.8) is 0 Å². The van der Waals surface area contributed by atoms with Gasteiger partial charge in [0.2, 0.25) is 0 Å². The van der Waals surface area contributed by atoms with Gasteiger partial charge < -0.3 is 42.8 Å². The topological polar surface area (TPSA) is 167 Å². The first-order valence-electron chi connectivity index (χ1n) is 23.8. The van der Waals surface area contributed by atoms with E-state index in [0.29, 0.717) is 25.0 Å². The lowest BCUT2D eigenvalue weighted by atomic mass is 9.91. The monoisotopic (exact) mass is 885 g/mol. The van der Waals surface area contributed by atoms with E-state index in [1.807, 2.05) is 0 Å². The molecule has 0 bridgehead atoms. The average molecular weight is 885 g/mol. The molecule has 0 aromatic carbocycles. The molecule has 0 heterocycles. The molecule has 11 nitrogen and oxygen atoms in total. The first-order valence-corrected chi connectivity index (χ1v) is 26.8. The van der Waals surface area contributed by atoms with Crippen LogP contribution in [-0.4, -0.2) is 61.8 Å². The molecule has 2 N–H and O–H groups in total. The summed E-state index contributed by atoms with van der Waals surface area (Å²) < 4.78 is 49.2. The summed E-state index contributed by atoms with van der Waals surface area (Å²) in [7, 11) is -9.94.